The third-order valence-electron chi connectivity index (χ3n) is 4.33. The molecular weight excluding hydrogens is 304 g/mol. The molecule has 0 saturated heterocycles. The first-order valence-corrected chi connectivity index (χ1v) is 9.19. The number of fused-ring (bicyclic) bond motifs is 2. The van der Waals surface area contributed by atoms with Crippen LogP contribution in [0.1, 0.15) is 22.6 Å². The van der Waals surface area contributed by atoms with Gasteiger partial charge >= 0.3 is 0 Å². The summed E-state index contributed by atoms with van der Waals surface area (Å²) in [6.07, 6.45) is 15.4. The first-order chi connectivity index (χ1) is 10.9. The molecule has 0 atom stereocenters. The summed E-state index contributed by atoms with van der Waals surface area (Å²) in [4.78, 5) is 2.83. The molecule has 5 rings (SSSR count). The van der Waals surface area contributed by atoms with Crippen LogP contribution in [0.3, 0.4) is 0 Å². The van der Waals surface area contributed by atoms with Crippen LogP contribution in [0.2, 0.25) is 0 Å². The van der Waals surface area contributed by atoms with Crippen molar-refractivity contribution in [1.82, 2.24) is 0 Å². The van der Waals surface area contributed by atoms with Crippen LogP contribution in [0.15, 0.2) is 60.7 Å². The molecule has 0 spiro atoms. The van der Waals surface area contributed by atoms with Crippen LogP contribution < -0.4 is 0 Å². The van der Waals surface area contributed by atoms with Crippen molar-refractivity contribution in [2.24, 2.45) is 0 Å². The Balaban J connectivity index is 1.63. The number of thiophene rings is 2. The highest BCUT2D eigenvalue weighted by atomic mass is 32.1. The van der Waals surface area contributed by atoms with Gasteiger partial charge in [0.05, 0.1) is 0 Å². The van der Waals surface area contributed by atoms with Crippen LogP contribution in [-0.2, 0) is 0 Å². The minimum atomic E-state index is 1.08. The summed E-state index contributed by atoms with van der Waals surface area (Å²) in [5.74, 6) is 0. The van der Waals surface area contributed by atoms with Crippen LogP contribution >= 0.6 is 22.7 Å². The topological polar surface area (TPSA) is 0 Å². The lowest BCUT2D eigenvalue weighted by molar-refractivity contribution is 1.47. The van der Waals surface area contributed by atoms with Crippen LogP contribution in [-0.4, -0.2) is 0 Å². The minimum Gasteiger partial charge on any atom is -0.135 e. The average molecular weight is 318 g/mol. The molecule has 0 N–H and O–H groups in total. The summed E-state index contributed by atoms with van der Waals surface area (Å²) >= 11 is 3.84. The second kappa shape index (κ2) is 4.80. The fourth-order valence-corrected chi connectivity index (χ4v) is 5.46. The van der Waals surface area contributed by atoms with Crippen molar-refractivity contribution in [3.05, 3.63) is 70.5 Å². The number of hydrogen-bond donors (Lipinski definition) is 0. The quantitative estimate of drug-likeness (QED) is 0.487. The van der Waals surface area contributed by atoms with Crippen molar-refractivity contribution in [3.8, 4) is 0 Å². The molecule has 2 heteroatoms. The van der Waals surface area contributed by atoms with Gasteiger partial charge in [-0.2, -0.15) is 0 Å². The van der Waals surface area contributed by atoms with E-state index in [0.717, 1.165) is 12.8 Å². The predicted octanol–water partition coefficient (Wildman–Crippen LogP) is 6.80. The SMILES string of the molecule is C1=CCC(c2cc3cc4cc(C5=CC=CC5)sc4cc3s2)=C1. The summed E-state index contributed by atoms with van der Waals surface area (Å²) in [7, 11) is 0. The molecule has 2 heterocycles. The Labute approximate surface area is 137 Å². The first-order valence-electron chi connectivity index (χ1n) is 7.56. The highest BCUT2D eigenvalue weighted by molar-refractivity contribution is 7.22. The van der Waals surface area contributed by atoms with Crippen LogP contribution in [0.5, 0.6) is 0 Å². The van der Waals surface area contributed by atoms with E-state index in [9.17, 15) is 0 Å². The number of allylic oxidation sites excluding steroid dienone is 8. The van der Waals surface area contributed by atoms with E-state index in [1.54, 1.807) is 0 Å². The Morgan fingerprint density at radius 3 is 1.64 bits per heavy atom. The second-order valence-corrected chi connectivity index (χ2v) is 7.97. The molecular formula is C20H14S2. The molecule has 2 aromatic heterocycles. The van der Waals surface area contributed by atoms with Gasteiger partial charge in [0.15, 0.2) is 0 Å². The summed E-state index contributed by atoms with van der Waals surface area (Å²) in [6.45, 7) is 0. The summed E-state index contributed by atoms with van der Waals surface area (Å²) in [5, 5.41) is 2.76. The maximum absolute atomic E-state index is 2.37. The molecule has 22 heavy (non-hydrogen) atoms. The lowest BCUT2D eigenvalue weighted by Gasteiger charge is -1.94. The molecule has 0 nitrogen and oxygen atoms in total. The van der Waals surface area contributed by atoms with Crippen molar-refractivity contribution >= 4 is 54.0 Å². The van der Waals surface area contributed by atoms with E-state index in [2.05, 4.69) is 60.7 Å². The van der Waals surface area contributed by atoms with E-state index in [-0.39, 0.29) is 0 Å². The highest BCUT2D eigenvalue weighted by Gasteiger charge is 2.12. The second-order valence-electron chi connectivity index (χ2n) is 5.80. The minimum absolute atomic E-state index is 1.08. The summed E-state index contributed by atoms with van der Waals surface area (Å²) in [5.41, 5.74) is 2.90. The normalized spacial score (nSPS) is 16.9. The molecule has 1 aromatic carbocycles. The Kier molecular flexibility index (Phi) is 2.76. The Morgan fingerprint density at radius 2 is 1.18 bits per heavy atom. The van der Waals surface area contributed by atoms with Crippen molar-refractivity contribution in [2.45, 2.75) is 12.8 Å². The zero-order valence-corrected chi connectivity index (χ0v) is 13.6. The average Bonchev–Trinajstić information content (AvgIpc) is 3.27. The third kappa shape index (κ3) is 1.95. The van der Waals surface area contributed by atoms with Gasteiger partial charge in [-0.05, 0) is 59.0 Å². The smallest absolute Gasteiger partial charge is 0.0363 e. The molecule has 0 unspecified atom stereocenters. The number of hydrogen-bond acceptors (Lipinski definition) is 2. The Bertz CT molecular complexity index is 888. The van der Waals surface area contributed by atoms with Gasteiger partial charge in [-0.25, -0.2) is 0 Å². The van der Waals surface area contributed by atoms with E-state index in [0.29, 0.717) is 0 Å². The fraction of sp³-hybridized carbons (Fsp3) is 0.100. The standard InChI is InChI=1S/C20H14S2/c1-2-6-13(5-1)17-10-15-9-16-11-18(14-7-3-4-8-14)22-20(16)12-19(15)21-17/h1-5,7,9-12H,6,8H2. The van der Waals surface area contributed by atoms with Gasteiger partial charge in [-0.15, -0.1) is 22.7 Å². The van der Waals surface area contributed by atoms with E-state index in [1.165, 1.54) is 41.1 Å². The monoisotopic (exact) mass is 318 g/mol. The van der Waals surface area contributed by atoms with E-state index in [1.807, 2.05) is 22.7 Å². The van der Waals surface area contributed by atoms with E-state index < -0.39 is 0 Å². The number of benzene rings is 1. The van der Waals surface area contributed by atoms with Gasteiger partial charge in [0.1, 0.15) is 0 Å². The lowest BCUT2D eigenvalue weighted by atomic mass is 10.1. The van der Waals surface area contributed by atoms with Crippen molar-refractivity contribution in [1.29, 1.82) is 0 Å². The Morgan fingerprint density at radius 1 is 0.636 bits per heavy atom. The molecule has 0 aliphatic heterocycles. The molecule has 0 radical (unpaired) electrons. The summed E-state index contributed by atoms with van der Waals surface area (Å²) in [6, 6.07) is 9.44. The fourth-order valence-electron chi connectivity index (χ4n) is 3.15. The zero-order chi connectivity index (χ0) is 14.5. The van der Waals surface area contributed by atoms with Crippen molar-refractivity contribution < 1.29 is 0 Å². The lowest BCUT2D eigenvalue weighted by Crippen LogP contribution is -1.71. The highest BCUT2D eigenvalue weighted by Crippen LogP contribution is 2.40. The van der Waals surface area contributed by atoms with Gasteiger partial charge in [0, 0.05) is 19.2 Å². The zero-order valence-electron chi connectivity index (χ0n) is 12.0. The molecule has 2 aliphatic carbocycles. The van der Waals surface area contributed by atoms with Gasteiger partial charge in [-0.3, -0.25) is 0 Å². The van der Waals surface area contributed by atoms with Crippen molar-refractivity contribution in [2.75, 3.05) is 0 Å². The van der Waals surface area contributed by atoms with E-state index in [4.69, 9.17) is 0 Å². The maximum Gasteiger partial charge on any atom is 0.0363 e. The Hall–Kier alpha value is -1.90. The van der Waals surface area contributed by atoms with Gasteiger partial charge in [0.25, 0.3) is 0 Å². The molecule has 0 amide bonds. The van der Waals surface area contributed by atoms with Gasteiger partial charge < -0.3 is 0 Å². The largest absolute Gasteiger partial charge is 0.135 e. The molecule has 106 valence electrons. The molecule has 0 fully saturated rings. The molecule has 3 aromatic rings. The molecule has 2 aliphatic rings. The van der Waals surface area contributed by atoms with Gasteiger partial charge in [-0.1, -0.05) is 36.5 Å². The van der Waals surface area contributed by atoms with Crippen LogP contribution in [0.4, 0.5) is 0 Å². The van der Waals surface area contributed by atoms with E-state index >= 15 is 0 Å². The van der Waals surface area contributed by atoms with Crippen LogP contribution in [0.25, 0.3) is 31.3 Å². The number of rotatable bonds is 2. The first kappa shape index (κ1) is 12.6. The van der Waals surface area contributed by atoms with Crippen molar-refractivity contribution in [3.63, 3.8) is 0 Å². The van der Waals surface area contributed by atoms with Gasteiger partial charge in [0.2, 0.25) is 0 Å². The molecule has 0 saturated carbocycles. The predicted molar refractivity (Wildman–Crippen MR) is 101 cm³/mol. The maximum atomic E-state index is 2.37. The molecule has 0 bridgehead atoms. The van der Waals surface area contributed by atoms with Crippen LogP contribution in [0, 0.1) is 0 Å². The summed E-state index contributed by atoms with van der Waals surface area (Å²) < 4.78 is 2.81. The third-order valence-corrected chi connectivity index (χ3v) is 6.68.